The summed E-state index contributed by atoms with van der Waals surface area (Å²) in [5.74, 6) is 2.92. The quantitative estimate of drug-likeness (QED) is 0.247. The summed E-state index contributed by atoms with van der Waals surface area (Å²) in [5, 5.41) is 4.62. The second-order valence-corrected chi connectivity index (χ2v) is 14.4. The fourth-order valence-electron chi connectivity index (χ4n) is 7.35. The van der Waals surface area contributed by atoms with E-state index in [9.17, 15) is 9.59 Å². The molecule has 2 fully saturated rings. The number of hydrogen-bond acceptors (Lipinski definition) is 4. The summed E-state index contributed by atoms with van der Waals surface area (Å²) >= 11 is 0. The zero-order valence-corrected chi connectivity index (χ0v) is 27.6. The van der Waals surface area contributed by atoms with Crippen LogP contribution >= 0.6 is 0 Å². The fraction of sp³-hybridized carbons (Fsp3) is 0.553. The van der Waals surface area contributed by atoms with Crippen LogP contribution in [0.3, 0.4) is 0 Å². The summed E-state index contributed by atoms with van der Waals surface area (Å²) in [5.41, 5.74) is 5.63. The Morgan fingerprint density at radius 2 is 1.64 bits per heavy atom. The molecule has 0 N–H and O–H groups in total. The Morgan fingerprint density at radius 1 is 0.932 bits per heavy atom. The molecule has 2 aliphatic carbocycles. The third kappa shape index (κ3) is 7.62. The highest BCUT2D eigenvalue weighted by Gasteiger charge is 2.33. The maximum absolute atomic E-state index is 14.3. The minimum Gasteiger partial charge on any atom is -0.496 e. The maximum Gasteiger partial charge on any atom is 0.230 e. The predicted octanol–water partition coefficient (Wildman–Crippen LogP) is 8.71. The van der Waals surface area contributed by atoms with E-state index in [4.69, 9.17) is 4.74 Å². The molecule has 44 heavy (non-hydrogen) atoms. The number of rotatable bonds is 9. The van der Waals surface area contributed by atoms with Crippen LogP contribution in [-0.2, 0) is 15.1 Å². The Morgan fingerprint density at radius 3 is 2.25 bits per heavy atom. The molecular weight excluding hydrogens is 546 g/mol. The fourth-order valence-corrected chi connectivity index (χ4v) is 7.35. The molecule has 2 saturated carbocycles. The first-order valence-electron chi connectivity index (χ1n) is 16.6. The van der Waals surface area contributed by atoms with Gasteiger partial charge >= 0.3 is 0 Å². The van der Waals surface area contributed by atoms with E-state index in [0.717, 1.165) is 80.5 Å². The van der Waals surface area contributed by atoms with Crippen molar-refractivity contribution in [3.63, 3.8) is 0 Å². The van der Waals surface area contributed by atoms with Crippen molar-refractivity contribution in [2.24, 2.45) is 17.8 Å². The maximum atomic E-state index is 14.3. The van der Waals surface area contributed by atoms with Crippen molar-refractivity contribution in [1.29, 1.82) is 0 Å². The number of nitrogens with zero attached hydrogens (tertiary/aromatic N) is 3. The van der Waals surface area contributed by atoms with Crippen molar-refractivity contribution in [3.8, 4) is 16.9 Å². The van der Waals surface area contributed by atoms with Crippen molar-refractivity contribution in [3.05, 3.63) is 66.0 Å². The SMILES string of the molecule is COc1ccc(C2CCC(CN(C(=O)C3CCC(CC(C)=O)CC3)c3cccc(-c4cnn(C(C)(C)C)c4)c3)CC2)cc1C. The van der Waals surface area contributed by atoms with Crippen LogP contribution in [-0.4, -0.2) is 35.1 Å². The first kappa shape index (κ1) is 32.0. The molecule has 236 valence electrons. The molecule has 1 amide bonds. The number of amides is 1. The van der Waals surface area contributed by atoms with Crippen molar-refractivity contribution in [2.75, 3.05) is 18.6 Å². The van der Waals surface area contributed by atoms with Gasteiger partial charge in [0.1, 0.15) is 11.5 Å². The summed E-state index contributed by atoms with van der Waals surface area (Å²) in [4.78, 5) is 28.1. The second-order valence-electron chi connectivity index (χ2n) is 14.4. The Bertz CT molecular complexity index is 1440. The van der Waals surface area contributed by atoms with E-state index in [2.05, 4.69) is 86.4 Å². The Hall–Kier alpha value is -3.41. The van der Waals surface area contributed by atoms with Crippen LogP contribution in [0.5, 0.6) is 5.75 Å². The van der Waals surface area contributed by atoms with Gasteiger partial charge in [0, 0.05) is 36.3 Å². The smallest absolute Gasteiger partial charge is 0.230 e. The van der Waals surface area contributed by atoms with Gasteiger partial charge < -0.3 is 14.4 Å². The second kappa shape index (κ2) is 13.7. The van der Waals surface area contributed by atoms with Crippen LogP contribution in [0.1, 0.15) is 103 Å². The van der Waals surface area contributed by atoms with Crippen molar-refractivity contribution >= 4 is 17.4 Å². The van der Waals surface area contributed by atoms with Crippen molar-refractivity contribution in [2.45, 2.75) is 104 Å². The number of carbonyl (C=O) groups excluding carboxylic acids is 2. The average molecular weight is 598 g/mol. The molecule has 0 bridgehead atoms. The summed E-state index contributed by atoms with van der Waals surface area (Å²) in [7, 11) is 1.73. The number of aromatic nitrogens is 2. The van der Waals surface area contributed by atoms with Crippen LogP contribution in [0.2, 0.25) is 0 Å². The van der Waals surface area contributed by atoms with Crippen LogP contribution in [0.25, 0.3) is 11.1 Å². The third-order valence-corrected chi connectivity index (χ3v) is 9.98. The van der Waals surface area contributed by atoms with E-state index in [-0.39, 0.29) is 23.1 Å². The summed E-state index contributed by atoms with van der Waals surface area (Å²) < 4.78 is 7.48. The summed E-state index contributed by atoms with van der Waals surface area (Å²) in [6.07, 6.45) is 12.8. The molecular formula is C38H51N3O3. The molecule has 0 radical (unpaired) electrons. The first-order chi connectivity index (χ1) is 21.0. The molecule has 1 aromatic heterocycles. The number of Topliss-reactive ketones (excluding diaryl/α,β-unsaturated/α-hetero) is 1. The van der Waals surface area contributed by atoms with Gasteiger partial charge in [-0.15, -0.1) is 0 Å². The lowest BCUT2D eigenvalue weighted by Crippen LogP contribution is -2.41. The summed E-state index contributed by atoms with van der Waals surface area (Å²) in [6, 6.07) is 15.1. The minimum atomic E-state index is -0.0948. The van der Waals surface area contributed by atoms with E-state index in [1.54, 1.807) is 14.0 Å². The molecule has 3 aromatic rings. The number of carbonyl (C=O) groups is 2. The Balaban J connectivity index is 1.34. The number of hydrogen-bond donors (Lipinski definition) is 0. The van der Waals surface area contributed by atoms with Gasteiger partial charge in [0.25, 0.3) is 0 Å². The lowest BCUT2D eigenvalue weighted by atomic mass is 9.77. The summed E-state index contributed by atoms with van der Waals surface area (Å²) in [6.45, 7) is 11.0. The Kier molecular flexibility index (Phi) is 9.97. The van der Waals surface area contributed by atoms with Crippen LogP contribution in [0, 0.1) is 24.7 Å². The van der Waals surface area contributed by atoms with Gasteiger partial charge in [0.15, 0.2) is 0 Å². The normalized spacial score (nSPS) is 22.4. The monoisotopic (exact) mass is 597 g/mol. The van der Waals surface area contributed by atoms with Crippen LogP contribution in [0.4, 0.5) is 5.69 Å². The molecule has 0 spiro atoms. The topological polar surface area (TPSA) is 64.4 Å². The molecule has 0 atom stereocenters. The largest absolute Gasteiger partial charge is 0.496 e. The lowest BCUT2D eigenvalue weighted by Gasteiger charge is -2.36. The van der Waals surface area contributed by atoms with E-state index in [1.807, 2.05) is 10.9 Å². The number of anilines is 1. The average Bonchev–Trinajstić information content (AvgIpc) is 3.52. The highest BCUT2D eigenvalue weighted by Crippen LogP contribution is 2.39. The molecule has 2 aromatic carbocycles. The van der Waals surface area contributed by atoms with E-state index < -0.39 is 0 Å². The van der Waals surface area contributed by atoms with Crippen molar-refractivity contribution < 1.29 is 14.3 Å². The molecule has 2 aliphatic rings. The Labute approximate surface area is 264 Å². The predicted molar refractivity (Wildman–Crippen MR) is 178 cm³/mol. The van der Waals surface area contributed by atoms with Gasteiger partial charge in [0.05, 0.1) is 18.8 Å². The zero-order chi connectivity index (χ0) is 31.4. The highest BCUT2D eigenvalue weighted by molar-refractivity contribution is 5.95. The van der Waals surface area contributed by atoms with E-state index in [0.29, 0.717) is 24.2 Å². The van der Waals surface area contributed by atoms with E-state index in [1.165, 1.54) is 11.1 Å². The molecule has 5 rings (SSSR count). The van der Waals surface area contributed by atoms with Gasteiger partial charge in [-0.1, -0.05) is 24.3 Å². The molecule has 0 aliphatic heterocycles. The van der Waals surface area contributed by atoms with Crippen LogP contribution < -0.4 is 9.64 Å². The lowest BCUT2D eigenvalue weighted by molar-refractivity contribution is -0.123. The number of ether oxygens (including phenoxy) is 1. The molecule has 6 heteroatoms. The van der Waals surface area contributed by atoms with Gasteiger partial charge in [-0.25, -0.2) is 0 Å². The zero-order valence-electron chi connectivity index (χ0n) is 27.6. The number of aryl methyl sites for hydroxylation is 1. The van der Waals surface area contributed by atoms with Gasteiger partial charge in [-0.3, -0.25) is 9.48 Å². The first-order valence-corrected chi connectivity index (χ1v) is 16.6. The van der Waals surface area contributed by atoms with Crippen LogP contribution in [0.15, 0.2) is 54.9 Å². The van der Waals surface area contributed by atoms with Gasteiger partial charge in [-0.05, 0) is 139 Å². The number of benzene rings is 2. The molecule has 6 nitrogen and oxygen atoms in total. The molecule has 0 saturated heterocycles. The third-order valence-electron chi connectivity index (χ3n) is 9.98. The van der Waals surface area contributed by atoms with Gasteiger partial charge in [0.2, 0.25) is 5.91 Å². The standard InChI is InChI=1S/C38H51N3O3/c1-26-20-33(18-19-36(26)44-6)30-14-12-29(13-15-30)24-40(37(43)31-16-10-28(11-17-31)21-27(2)42)35-9-7-8-32(22-35)34-23-39-41(25-34)38(3,4)5/h7-9,18-20,22-23,25,28-31H,10-17,21,24H2,1-6H3. The van der Waals surface area contributed by atoms with Gasteiger partial charge in [-0.2, -0.15) is 5.10 Å². The number of methoxy groups -OCH3 is 1. The van der Waals surface area contributed by atoms with E-state index >= 15 is 0 Å². The minimum absolute atomic E-state index is 0.0177. The molecule has 1 heterocycles. The highest BCUT2D eigenvalue weighted by atomic mass is 16.5. The number of ketones is 1. The van der Waals surface area contributed by atoms with Crippen molar-refractivity contribution in [1.82, 2.24) is 9.78 Å². The molecule has 0 unspecified atom stereocenters.